The van der Waals surface area contributed by atoms with Gasteiger partial charge in [0.25, 0.3) is 0 Å². The van der Waals surface area contributed by atoms with Crippen LogP contribution in [0.25, 0.3) is 16.9 Å². The summed E-state index contributed by atoms with van der Waals surface area (Å²) in [6, 6.07) is 18.1. The minimum Gasteiger partial charge on any atom is -0.673 e. The first-order chi connectivity index (χ1) is 9.86. The Morgan fingerprint density at radius 1 is 0.958 bits per heavy atom. The summed E-state index contributed by atoms with van der Waals surface area (Å²) < 4.78 is 0. The van der Waals surface area contributed by atoms with Crippen LogP contribution in [-0.4, -0.2) is 15.1 Å². The van der Waals surface area contributed by atoms with Crippen LogP contribution in [0.15, 0.2) is 42.5 Å². The molecule has 2 aromatic rings. The molecule has 1 nitrogen and oxygen atoms in total. The number of hydrogen-bond acceptors (Lipinski definition) is 0. The predicted octanol–water partition coefficient (Wildman–Crippen LogP) is 6.58. The van der Waals surface area contributed by atoms with E-state index in [0.717, 1.165) is 15.9 Å². The third-order valence-electron chi connectivity index (χ3n) is 2.62. The molecule has 128 valence electrons. The molecule has 3 heteroatoms. The molecule has 24 heavy (non-hydrogen) atoms. The van der Waals surface area contributed by atoms with Gasteiger partial charge in [-0.2, -0.15) is 29.8 Å². The normalized spacial score (nSPS) is 9.92. The minimum absolute atomic E-state index is 0. The van der Waals surface area contributed by atoms with E-state index in [-0.39, 0.29) is 42.1 Å². The van der Waals surface area contributed by atoms with Crippen LogP contribution in [0.1, 0.15) is 31.9 Å². The molecule has 0 atom stereocenters. The van der Waals surface area contributed by atoms with Gasteiger partial charge in [0.05, 0.1) is 0 Å². The van der Waals surface area contributed by atoms with E-state index < -0.39 is 0 Å². The fourth-order valence-electron chi connectivity index (χ4n) is 2.00. The Labute approximate surface area is 168 Å². The fraction of sp³-hybridized carbons (Fsp3) is 0.333. The van der Waals surface area contributed by atoms with Crippen molar-refractivity contribution >= 4 is 9.52 Å². The second kappa shape index (κ2) is 13.6. The number of nitrogens with one attached hydrogen (secondary N) is 1. The van der Waals surface area contributed by atoms with E-state index in [1.807, 2.05) is 26.8 Å². The molecule has 0 amide bonds. The first kappa shape index (κ1) is 28.1. The van der Waals surface area contributed by atoms with Gasteiger partial charge in [0.15, 0.2) is 0 Å². The second-order valence-electron chi connectivity index (χ2n) is 6.15. The van der Waals surface area contributed by atoms with E-state index in [9.17, 15) is 0 Å². The third kappa shape index (κ3) is 10.2. The van der Waals surface area contributed by atoms with Gasteiger partial charge in [-0.15, -0.1) is 11.1 Å². The SMILES string of the molecule is CC(C)(C)[NH-].C[Si]C.[CH3-].[CH3-].[Ti+4].[c-]1cccc2c1Cc1ccccc1-2. The third-order valence-corrected chi connectivity index (χ3v) is 2.62. The van der Waals surface area contributed by atoms with E-state index in [1.54, 1.807) is 0 Å². The molecule has 0 unspecified atom stereocenters. The van der Waals surface area contributed by atoms with Crippen LogP contribution < -0.4 is 0 Å². The van der Waals surface area contributed by atoms with Crippen molar-refractivity contribution < 1.29 is 21.7 Å². The monoisotopic (exact) mass is 373 g/mol. The molecule has 0 spiro atoms. The average Bonchev–Trinajstić information content (AvgIpc) is 2.76. The molecule has 0 heterocycles. The fourth-order valence-corrected chi connectivity index (χ4v) is 2.00. The molecule has 0 fully saturated rings. The number of benzene rings is 2. The van der Waals surface area contributed by atoms with Gasteiger partial charge < -0.3 is 20.6 Å². The van der Waals surface area contributed by atoms with Crippen LogP contribution in [0.5, 0.6) is 0 Å². The van der Waals surface area contributed by atoms with Crippen LogP contribution in [0.2, 0.25) is 13.1 Å². The van der Waals surface area contributed by atoms with Gasteiger partial charge in [0.1, 0.15) is 0 Å². The molecule has 0 saturated heterocycles. The van der Waals surface area contributed by atoms with E-state index in [0.29, 0.717) is 0 Å². The van der Waals surface area contributed by atoms with Crippen molar-refractivity contribution in [3.8, 4) is 11.1 Å². The zero-order chi connectivity index (χ0) is 15.9. The first-order valence-electron chi connectivity index (χ1n) is 7.28. The Hall–Kier alpha value is -0.669. The number of hydrogen-bond donors (Lipinski definition) is 0. The molecule has 0 aromatic heterocycles. The summed E-state index contributed by atoms with van der Waals surface area (Å²) in [6.45, 7) is 9.87. The number of rotatable bonds is 0. The molecule has 2 aromatic carbocycles. The van der Waals surface area contributed by atoms with Gasteiger partial charge in [-0.1, -0.05) is 69.3 Å². The van der Waals surface area contributed by atoms with Gasteiger partial charge in [-0.05, 0) is 6.42 Å². The summed E-state index contributed by atoms with van der Waals surface area (Å²) >= 11 is 0. The molecule has 1 N–H and O–H groups in total. The van der Waals surface area contributed by atoms with Crippen molar-refractivity contribution in [3.05, 3.63) is 80.2 Å². The molecular weight excluding hydrogens is 342 g/mol. The average molecular weight is 373 g/mol. The van der Waals surface area contributed by atoms with Gasteiger partial charge in [0.2, 0.25) is 0 Å². The molecular formula is C21H31NSiTi. The topological polar surface area (TPSA) is 23.8 Å². The van der Waals surface area contributed by atoms with Crippen molar-refractivity contribution in [2.75, 3.05) is 0 Å². The molecule has 0 bridgehead atoms. The molecule has 1 aliphatic rings. The Balaban J connectivity index is -0.000000351. The van der Waals surface area contributed by atoms with E-state index in [1.165, 1.54) is 22.3 Å². The van der Waals surface area contributed by atoms with Crippen molar-refractivity contribution in [2.45, 2.75) is 45.8 Å². The summed E-state index contributed by atoms with van der Waals surface area (Å²) in [5.74, 6) is 0. The van der Waals surface area contributed by atoms with Crippen LogP contribution in [0, 0.1) is 20.9 Å². The summed E-state index contributed by atoms with van der Waals surface area (Å²) in [5, 5.41) is 0. The van der Waals surface area contributed by atoms with Crippen LogP contribution in [-0.2, 0) is 28.1 Å². The van der Waals surface area contributed by atoms with Crippen molar-refractivity contribution in [3.63, 3.8) is 0 Å². The first-order valence-corrected chi connectivity index (χ1v) is 9.28. The van der Waals surface area contributed by atoms with Crippen molar-refractivity contribution in [1.29, 1.82) is 0 Å². The van der Waals surface area contributed by atoms with Crippen LogP contribution >= 0.6 is 0 Å². The second-order valence-corrected chi connectivity index (χ2v) is 7.15. The smallest absolute Gasteiger partial charge is 0.673 e. The van der Waals surface area contributed by atoms with E-state index in [4.69, 9.17) is 5.73 Å². The molecule has 3 rings (SSSR count). The Kier molecular flexibility index (Phi) is 16.0. The summed E-state index contributed by atoms with van der Waals surface area (Å²) in [7, 11) is 1.08. The molecule has 2 radical (unpaired) electrons. The van der Waals surface area contributed by atoms with E-state index >= 15 is 0 Å². The minimum atomic E-state index is -0.250. The largest absolute Gasteiger partial charge is 4.00 e. The summed E-state index contributed by atoms with van der Waals surface area (Å²) in [5.41, 5.74) is 12.2. The maximum atomic E-state index is 6.94. The number of fused-ring (bicyclic) bond motifs is 3. The quantitative estimate of drug-likeness (QED) is 0.314. The van der Waals surface area contributed by atoms with Gasteiger partial charge in [-0.3, -0.25) is 0 Å². The molecule has 0 saturated carbocycles. The maximum Gasteiger partial charge on any atom is 4.00 e. The summed E-state index contributed by atoms with van der Waals surface area (Å²) in [4.78, 5) is 0. The van der Waals surface area contributed by atoms with E-state index in [2.05, 4.69) is 55.6 Å². The van der Waals surface area contributed by atoms with Gasteiger partial charge in [0, 0.05) is 9.52 Å². The Bertz CT molecular complexity index is 512. The van der Waals surface area contributed by atoms with Crippen LogP contribution in [0.4, 0.5) is 0 Å². The van der Waals surface area contributed by atoms with Crippen molar-refractivity contribution in [1.82, 2.24) is 0 Å². The van der Waals surface area contributed by atoms with Crippen molar-refractivity contribution in [2.24, 2.45) is 0 Å². The molecule has 1 aliphatic carbocycles. The Morgan fingerprint density at radius 2 is 1.42 bits per heavy atom. The summed E-state index contributed by atoms with van der Waals surface area (Å²) in [6.07, 6.45) is 1.05. The zero-order valence-corrected chi connectivity index (χ0v) is 18.8. The van der Waals surface area contributed by atoms with Gasteiger partial charge in [-0.25, -0.2) is 0 Å². The zero-order valence-electron chi connectivity index (χ0n) is 16.2. The molecule has 0 aliphatic heterocycles. The standard InChI is InChI=1S/C13H9.C4H10N.C2H6Si.2CH3.Ti/c1-3-7-12-10(5-1)9-11-6-2-4-8-13(11)12;1-4(2,3)5;1-3-2;;;/h1-5,7-8H,9H2;5H,1-3H3;1-2H3;2*1H3;/q2*-1;;2*-1;+4. The Morgan fingerprint density at radius 3 is 1.96 bits per heavy atom. The predicted molar refractivity (Wildman–Crippen MR) is 108 cm³/mol. The van der Waals surface area contributed by atoms with Crippen LogP contribution in [0.3, 0.4) is 0 Å². The maximum absolute atomic E-state index is 6.94. The van der Waals surface area contributed by atoms with Gasteiger partial charge >= 0.3 is 21.7 Å².